The van der Waals surface area contributed by atoms with Gasteiger partial charge in [-0.05, 0) is 43.3 Å². The number of nitrogens with zero attached hydrogens (tertiary/aromatic N) is 1. The summed E-state index contributed by atoms with van der Waals surface area (Å²) in [4.78, 5) is 4.57. The lowest BCUT2D eigenvalue weighted by molar-refractivity contribution is -0.00000512. The standard InChI is InChI=1S/C18H18N2O2.ClH/c1-12-10-17(20-16-6-4-5-7-18(16)22-3)14-11-13(21-2)8-9-15(14)19-12;/h4-11H,1-3H3,(H,19,20);1H/p-1. The summed E-state index contributed by atoms with van der Waals surface area (Å²) < 4.78 is 10.7. The van der Waals surface area contributed by atoms with E-state index in [1.54, 1.807) is 14.2 Å². The van der Waals surface area contributed by atoms with Crippen molar-refractivity contribution in [3.05, 3.63) is 54.2 Å². The van der Waals surface area contributed by atoms with Gasteiger partial charge in [0.05, 0.1) is 25.4 Å². The van der Waals surface area contributed by atoms with Crippen LogP contribution in [0.3, 0.4) is 0 Å². The Kier molecular flexibility index (Phi) is 5.29. The second kappa shape index (κ2) is 7.20. The first-order valence-electron chi connectivity index (χ1n) is 7.06. The van der Waals surface area contributed by atoms with Crippen molar-refractivity contribution < 1.29 is 21.9 Å². The fourth-order valence-corrected chi connectivity index (χ4v) is 2.46. The molecule has 0 bridgehead atoms. The van der Waals surface area contributed by atoms with Gasteiger partial charge < -0.3 is 27.2 Å². The third kappa shape index (κ3) is 3.48. The molecule has 23 heavy (non-hydrogen) atoms. The minimum absolute atomic E-state index is 0. The number of methoxy groups -OCH3 is 2. The van der Waals surface area contributed by atoms with Crippen molar-refractivity contribution in [3.63, 3.8) is 0 Å². The Hall–Kier alpha value is -2.46. The highest BCUT2D eigenvalue weighted by atomic mass is 35.5. The Morgan fingerprint density at radius 3 is 2.43 bits per heavy atom. The molecular formula is C18H18ClN2O2-. The van der Waals surface area contributed by atoms with E-state index in [4.69, 9.17) is 9.47 Å². The topological polar surface area (TPSA) is 43.4 Å². The van der Waals surface area contributed by atoms with Gasteiger partial charge in [-0.3, -0.25) is 4.98 Å². The number of anilines is 2. The molecule has 120 valence electrons. The molecule has 0 aliphatic carbocycles. The number of hydrogen-bond acceptors (Lipinski definition) is 4. The number of fused-ring (bicyclic) bond motifs is 1. The molecule has 3 rings (SSSR count). The maximum atomic E-state index is 5.40. The average molecular weight is 330 g/mol. The van der Waals surface area contributed by atoms with E-state index in [0.29, 0.717) is 0 Å². The van der Waals surface area contributed by atoms with E-state index in [9.17, 15) is 0 Å². The molecule has 0 aliphatic heterocycles. The number of benzene rings is 2. The molecule has 0 amide bonds. The number of nitrogens with one attached hydrogen (secondary N) is 1. The van der Waals surface area contributed by atoms with Gasteiger partial charge in [0.25, 0.3) is 0 Å². The minimum Gasteiger partial charge on any atom is -1.00 e. The second-order valence-electron chi connectivity index (χ2n) is 5.02. The summed E-state index contributed by atoms with van der Waals surface area (Å²) in [6.45, 7) is 1.98. The van der Waals surface area contributed by atoms with Crippen LogP contribution in [0, 0.1) is 6.92 Å². The van der Waals surface area contributed by atoms with E-state index in [-0.39, 0.29) is 12.4 Å². The molecule has 2 aromatic carbocycles. The zero-order chi connectivity index (χ0) is 15.5. The highest BCUT2D eigenvalue weighted by Crippen LogP contribution is 2.32. The van der Waals surface area contributed by atoms with Crippen LogP contribution in [0.15, 0.2) is 48.5 Å². The minimum atomic E-state index is 0. The third-order valence-electron chi connectivity index (χ3n) is 3.52. The van der Waals surface area contributed by atoms with Gasteiger partial charge in [0.2, 0.25) is 0 Å². The van der Waals surface area contributed by atoms with Gasteiger partial charge in [0, 0.05) is 16.8 Å². The van der Waals surface area contributed by atoms with Crippen molar-refractivity contribution in [1.29, 1.82) is 0 Å². The monoisotopic (exact) mass is 329 g/mol. The highest BCUT2D eigenvalue weighted by Gasteiger charge is 2.08. The van der Waals surface area contributed by atoms with Crippen LogP contribution in [-0.2, 0) is 0 Å². The fraction of sp³-hybridized carbons (Fsp3) is 0.167. The molecule has 1 N–H and O–H groups in total. The third-order valence-corrected chi connectivity index (χ3v) is 3.52. The predicted molar refractivity (Wildman–Crippen MR) is 89.3 cm³/mol. The van der Waals surface area contributed by atoms with E-state index < -0.39 is 0 Å². The smallest absolute Gasteiger partial charge is 0.142 e. The molecule has 0 unspecified atom stereocenters. The summed E-state index contributed by atoms with van der Waals surface area (Å²) >= 11 is 0. The first-order valence-corrected chi connectivity index (χ1v) is 7.06. The Labute approximate surface area is 141 Å². The van der Waals surface area contributed by atoms with Gasteiger partial charge in [-0.1, -0.05) is 12.1 Å². The van der Waals surface area contributed by atoms with Crippen molar-refractivity contribution in [2.45, 2.75) is 6.92 Å². The van der Waals surface area contributed by atoms with Gasteiger partial charge >= 0.3 is 0 Å². The molecule has 1 aromatic heterocycles. The zero-order valence-electron chi connectivity index (χ0n) is 13.3. The Balaban J connectivity index is 0.00000192. The summed E-state index contributed by atoms with van der Waals surface area (Å²) in [7, 11) is 3.33. The van der Waals surface area contributed by atoms with Gasteiger partial charge in [-0.2, -0.15) is 0 Å². The largest absolute Gasteiger partial charge is 1.00 e. The van der Waals surface area contributed by atoms with Crippen molar-refractivity contribution in [3.8, 4) is 11.5 Å². The number of para-hydroxylation sites is 2. The van der Waals surface area contributed by atoms with Crippen LogP contribution >= 0.6 is 0 Å². The first-order chi connectivity index (χ1) is 10.7. The summed E-state index contributed by atoms with van der Waals surface area (Å²) in [5.74, 6) is 1.61. The fourth-order valence-electron chi connectivity index (χ4n) is 2.46. The van der Waals surface area contributed by atoms with Gasteiger partial charge in [0.15, 0.2) is 0 Å². The van der Waals surface area contributed by atoms with E-state index >= 15 is 0 Å². The molecule has 0 aliphatic rings. The lowest BCUT2D eigenvalue weighted by Crippen LogP contribution is -3.00. The van der Waals surface area contributed by atoms with Crippen molar-refractivity contribution >= 4 is 22.3 Å². The quantitative estimate of drug-likeness (QED) is 0.784. The molecule has 0 radical (unpaired) electrons. The van der Waals surface area contributed by atoms with Crippen LogP contribution in [0.4, 0.5) is 11.4 Å². The molecule has 0 spiro atoms. The molecule has 0 atom stereocenters. The Morgan fingerprint density at radius 1 is 0.913 bits per heavy atom. The van der Waals surface area contributed by atoms with Crippen LogP contribution in [0.25, 0.3) is 10.9 Å². The van der Waals surface area contributed by atoms with Gasteiger partial charge in [0.1, 0.15) is 11.5 Å². The highest BCUT2D eigenvalue weighted by molar-refractivity contribution is 5.94. The average Bonchev–Trinajstić information content (AvgIpc) is 2.55. The number of hydrogen-bond donors (Lipinski definition) is 1. The van der Waals surface area contributed by atoms with E-state index in [0.717, 1.165) is 39.5 Å². The maximum Gasteiger partial charge on any atom is 0.142 e. The number of aromatic nitrogens is 1. The second-order valence-corrected chi connectivity index (χ2v) is 5.02. The van der Waals surface area contributed by atoms with Crippen LogP contribution in [-0.4, -0.2) is 19.2 Å². The summed E-state index contributed by atoms with van der Waals surface area (Å²) in [5, 5.41) is 4.45. The molecule has 0 saturated heterocycles. The molecule has 5 heteroatoms. The predicted octanol–water partition coefficient (Wildman–Crippen LogP) is 1.31. The lowest BCUT2D eigenvalue weighted by atomic mass is 10.1. The van der Waals surface area contributed by atoms with E-state index in [1.165, 1.54) is 0 Å². The molecule has 0 fully saturated rings. The summed E-state index contributed by atoms with van der Waals surface area (Å²) in [6.07, 6.45) is 0. The molecule has 0 saturated carbocycles. The van der Waals surface area contributed by atoms with Crippen molar-refractivity contribution in [2.24, 2.45) is 0 Å². The van der Waals surface area contributed by atoms with Crippen molar-refractivity contribution in [2.75, 3.05) is 19.5 Å². The van der Waals surface area contributed by atoms with Gasteiger partial charge in [-0.25, -0.2) is 0 Å². The number of aryl methyl sites for hydroxylation is 1. The van der Waals surface area contributed by atoms with E-state index in [1.807, 2.05) is 55.5 Å². The number of pyridine rings is 1. The molecule has 3 aromatic rings. The van der Waals surface area contributed by atoms with E-state index in [2.05, 4.69) is 10.3 Å². The number of ether oxygens (including phenoxy) is 2. The number of rotatable bonds is 4. The molecular weight excluding hydrogens is 312 g/mol. The normalized spacial score (nSPS) is 10.0. The lowest BCUT2D eigenvalue weighted by Gasteiger charge is -2.14. The Bertz CT molecular complexity index is 821. The number of halogens is 1. The summed E-state index contributed by atoms with van der Waals surface area (Å²) in [6, 6.07) is 15.7. The molecule has 4 nitrogen and oxygen atoms in total. The van der Waals surface area contributed by atoms with Crippen LogP contribution in [0.2, 0.25) is 0 Å². The molecule has 1 heterocycles. The Morgan fingerprint density at radius 2 is 1.70 bits per heavy atom. The van der Waals surface area contributed by atoms with Gasteiger partial charge in [-0.15, -0.1) is 0 Å². The first kappa shape index (κ1) is 16.9. The maximum absolute atomic E-state index is 5.40. The van der Waals surface area contributed by atoms with Crippen LogP contribution < -0.4 is 27.2 Å². The summed E-state index contributed by atoms with van der Waals surface area (Å²) in [5.41, 5.74) is 3.78. The van der Waals surface area contributed by atoms with Crippen LogP contribution in [0.5, 0.6) is 11.5 Å². The van der Waals surface area contributed by atoms with Crippen molar-refractivity contribution in [1.82, 2.24) is 4.98 Å². The van der Waals surface area contributed by atoms with Crippen LogP contribution in [0.1, 0.15) is 5.69 Å². The SMILES string of the molecule is COc1ccc2nc(C)cc(Nc3ccccc3OC)c2c1.[Cl-]. The zero-order valence-corrected chi connectivity index (χ0v) is 14.0.